The van der Waals surface area contributed by atoms with Crippen molar-refractivity contribution in [1.29, 1.82) is 5.26 Å². The van der Waals surface area contributed by atoms with Crippen LogP contribution in [0.4, 0.5) is 5.69 Å². The lowest BCUT2D eigenvalue weighted by Crippen LogP contribution is -2.23. The van der Waals surface area contributed by atoms with Crippen molar-refractivity contribution in [2.45, 2.75) is 13.0 Å². The molecule has 5 nitrogen and oxygen atoms in total. The molecule has 0 amide bonds. The van der Waals surface area contributed by atoms with Gasteiger partial charge in [0, 0.05) is 30.2 Å². The number of anilines is 1. The van der Waals surface area contributed by atoms with Crippen molar-refractivity contribution in [3.63, 3.8) is 0 Å². The second-order valence-electron chi connectivity index (χ2n) is 5.64. The Labute approximate surface area is 144 Å². The van der Waals surface area contributed by atoms with Gasteiger partial charge in [0.15, 0.2) is 6.29 Å². The Hall–Kier alpha value is -3.39. The average molecular weight is 332 g/mol. The van der Waals surface area contributed by atoms with Crippen LogP contribution in [0.1, 0.15) is 22.3 Å². The molecule has 0 aliphatic rings. The minimum atomic E-state index is -0.647. The summed E-state index contributed by atoms with van der Waals surface area (Å²) in [4.78, 5) is 24.7. The van der Waals surface area contributed by atoms with Crippen molar-refractivity contribution in [2.24, 2.45) is 0 Å². The molecule has 0 unspecified atom stereocenters. The summed E-state index contributed by atoms with van der Waals surface area (Å²) < 4.78 is 5.25. The lowest BCUT2D eigenvalue weighted by molar-refractivity contribution is 0.112. The third-order valence-electron chi connectivity index (χ3n) is 3.95. The number of nitrogens with zero attached hydrogens (tertiary/aromatic N) is 2. The molecule has 0 atom stereocenters. The standard InChI is InChI=1S/C20H16N2O3/c21-9-4-10-22(13-15-5-2-1-3-6-15)18-8-7-16-11-17(14-23)20(24)25-19(16)12-18/h1-3,5-8,11-12,14H,4,10,13H2. The molecule has 0 aliphatic heterocycles. The monoisotopic (exact) mass is 332 g/mol. The van der Waals surface area contributed by atoms with Gasteiger partial charge >= 0.3 is 5.63 Å². The highest BCUT2D eigenvalue weighted by atomic mass is 16.4. The molecule has 3 aromatic rings. The van der Waals surface area contributed by atoms with E-state index in [-0.39, 0.29) is 5.56 Å². The first-order valence-electron chi connectivity index (χ1n) is 7.90. The lowest BCUT2D eigenvalue weighted by atomic mass is 10.1. The molecule has 3 rings (SSSR count). The fourth-order valence-electron chi connectivity index (χ4n) is 2.68. The van der Waals surface area contributed by atoms with Gasteiger partial charge in [0.05, 0.1) is 12.5 Å². The number of fused-ring (bicyclic) bond motifs is 1. The van der Waals surface area contributed by atoms with Crippen molar-refractivity contribution in [2.75, 3.05) is 11.4 Å². The fraction of sp³-hybridized carbons (Fsp3) is 0.150. The summed E-state index contributed by atoms with van der Waals surface area (Å²) in [5.41, 5.74) is 1.76. The van der Waals surface area contributed by atoms with Gasteiger partial charge in [0.1, 0.15) is 11.1 Å². The predicted molar refractivity (Wildman–Crippen MR) is 95.6 cm³/mol. The molecule has 5 heteroatoms. The van der Waals surface area contributed by atoms with E-state index >= 15 is 0 Å². The zero-order chi connectivity index (χ0) is 17.6. The Morgan fingerprint density at radius 3 is 2.64 bits per heavy atom. The van der Waals surface area contributed by atoms with Crippen LogP contribution in [-0.4, -0.2) is 12.8 Å². The summed E-state index contributed by atoms with van der Waals surface area (Å²) in [5.74, 6) is 0. The molecular weight excluding hydrogens is 316 g/mol. The van der Waals surface area contributed by atoms with Crippen LogP contribution in [-0.2, 0) is 6.54 Å². The highest BCUT2D eigenvalue weighted by Gasteiger charge is 2.11. The summed E-state index contributed by atoms with van der Waals surface area (Å²) in [7, 11) is 0. The number of rotatable bonds is 6. The molecule has 0 spiro atoms. The van der Waals surface area contributed by atoms with Gasteiger partial charge in [-0.25, -0.2) is 4.79 Å². The Balaban J connectivity index is 1.98. The van der Waals surface area contributed by atoms with Crippen molar-refractivity contribution in [1.82, 2.24) is 0 Å². The zero-order valence-electron chi connectivity index (χ0n) is 13.5. The van der Waals surface area contributed by atoms with Crippen LogP contribution in [0.3, 0.4) is 0 Å². The maximum absolute atomic E-state index is 11.8. The van der Waals surface area contributed by atoms with Crippen molar-refractivity contribution < 1.29 is 9.21 Å². The van der Waals surface area contributed by atoms with Crippen LogP contribution < -0.4 is 10.5 Å². The van der Waals surface area contributed by atoms with Gasteiger partial charge < -0.3 is 9.32 Å². The van der Waals surface area contributed by atoms with Crippen LogP contribution in [0.15, 0.2) is 63.8 Å². The quantitative estimate of drug-likeness (QED) is 0.510. The first-order valence-corrected chi connectivity index (χ1v) is 7.90. The van der Waals surface area contributed by atoms with Gasteiger partial charge in [-0.2, -0.15) is 5.26 Å². The molecule has 0 saturated carbocycles. The van der Waals surface area contributed by atoms with Gasteiger partial charge in [0.25, 0.3) is 0 Å². The van der Waals surface area contributed by atoms with Gasteiger partial charge in [-0.3, -0.25) is 4.79 Å². The van der Waals surface area contributed by atoms with Gasteiger partial charge in [-0.15, -0.1) is 0 Å². The molecule has 1 aromatic heterocycles. The Kier molecular flexibility index (Phi) is 4.91. The van der Waals surface area contributed by atoms with E-state index in [1.165, 1.54) is 6.07 Å². The molecule has 1 heterocycles. The predicted octanol–water partition coefficient (Wildman–Crippen LogP) is 3.53. The third kappa shape index (κ3) is 3.75. The highest BCUT2D eigenvalue weighted by Crippen LogP contribution is 2.23. The average Bonchev–Trinajstić information content (AvgIpc) is 2.65. The smallest absolute Gasteiger partial charge is 0.346 e. The largest absolute Gasteiger partial charge is 0.422 e. The number of benzene rings is 2. The van der Waals surface area contributed by atoms with Crippen LogP contribution in [0.25, 0.3) is 11.0 Å². The second kappa shape index (κ2) is 7.45. The normalized spacial score (nSPS) is 10.4. The lowest BCUT2D eigenvalue weighted by Gasteiger charge is -2.24. The highest BCUT2D eigenvalue weighted by molar-refractivity contribution is 5.86. The molecular formula is C20H16N2O3. The molecule has 0 aliphatic carbocycles. The fourth-order valence-corrected chi connectivity index (χ4v) is 2.68. The summed E-state index contributed by atoms with van der Waals surface area (Å²) in [5, 5.41) is 9.61. The first-order chi connectivity index (χ1) is 12.2. The minimum Gasteiger partial charge on any atom is -0.422 e. The SMILES string of the molecule is N#CCCN(Cc1ccccc1)c1ccc2cc(C=O)c(=O)oc2c1. The van der Waals surface area contributed by atoms with Gasteiger partial charge in [-0.1, -0.05) is 30.3 Å². The van der Waals surface area contributed by atoms with Crippen molar-refractivity contribution in [3.8, 4) is 6.07 Å². The first kappa shape index (κ1) is 16.5. The zero-order valence-corrected chi connectivity index (χ0v) is 13.5. The van der Waals surface area contributed by atoms with E-state index in [1.807, 2.05) is 42.5 Å². The molecule has 0 N–H and O–H groups in total. The summed E-state index contributed by atoms with van der Waals surface area (Å²) in [6, 6.07) is 19.1. The van der Waals surface area contributed by atoms with E-state index in [0.717, 1.165) is 11.3 Å². The Morgan fingerprint density at radius 2 is 1.92 bits per heavy atom. The van der Waals surface area contributed by atoms with Crippen LogP contribution in [0.5, 0.6) is 0 Å². The third-order valence-corrected chi connectivity index (χ3v) is 3.95. The molecule has 0 saturated heterocycles. The minimum absolute atomic E-state index is 0.00544. The molecule has 2 aromatic carbocycles. The molecule has 124 valence electrons. The number of aldehydes is 1. The molecule has 0 bridgehead atoms. The molecule has 0 radical (unpaired) electrons. The number of carbonyl (C=O) groups excluding carboxylic acids is 1. The maximum Gasteiger partial charge on any atom is 0.346 e. The van der Waals surface area contributed by atoms with E-state index in [1.54, 1.807) is 6.07 Å². The second-order valence-corrected chi connectivity index (χ2v) is 5.64. The van der Waals surface area contributed by atoms with Crippen LogP contribution >= 0.6 is 0 Å². The van der Waals surface area contributed by atoms with Crippen molar-refractivity contribution >= 4 is 22.9 Å². The van der Waals surface area contributed by atoms with E-state index in [9.17, 15) is 9.59 Å². The summed E-state index contributed by atoms with van der Waals surface area (Å²) in [6.07, 6.45) is 0.882. The van der Waals surface area contributed by atoms with Crippen LogP contribution in [0, 0.1) is 11.3 Å². The van der Waals surface area contributed by atoms with Crippen molar-refractivity contribution in [3.05, 3.63) is 76.1 Å². The van der Waals surface area contributed by atoms with Crippen LogP contribution in [0.2, 0.25) is 0 Å². The van der Waals surface area contributed by atoms with E-state index in [2.05, 4.69) is 11.0 Å². The summed E-state index contributed by atoms with van der Waals surface area (Å²) in [6.45, 7) is 1.21. The van der Waals surface area contributed by atoms with Gasteiger partial charge in [-0.05, 0) is 23.8 Å². The number of carbonyl (C=O) groups is 1. The van der Waals surface area contributed by atoms with E-state index in [4.69, 9.17) is 9.68 Å². The van der Waals surface area contributed by atoms with Gasteiger partial charge in [0.2, 0.25) is 0 Å². The maximum atomic E-state index is 11.8. The Bertz CT molecular complexity index is 987. The number of hydrogen-bond donors (Lipinski definition) is 0. The molecule has 0 fully saturated rings. The van der Waals surface area contributed by atoms with E-state index in [0.29, 0.717) is 36.8 Å². The van der Waals surface area contributed by atoms with E-state index < -0.39 is 5.63 Å². The number of hydrogen-bond acceptors (Lipinski definition) is 5. The summed E-state index contributed by atoms with van der Waals surface area (Å²) >= 11 is 0. The topological polar surface area (TPSA) is 74.3 Å². The Morgan fingerprint density at radius 1 is 1.12 bits per heavy atom. The number of nitriles is 1. The molecule has 25 heavy (non-hydrogen) atoms.